The molecule has 1 amide bonds. The number of halogens is 3. The van der Waals surface area contributed by atoms with E-state index in [1.54, 1.807) is 18.1 Å². The van der Waals surface area contributed by atoms with Gasteiger partial charge in [0.15, 0.2) is 0 Å². The number of nitrogens with one attached hydrogen (secondary N) is 1. The van der Waals surface area contributed by atoms with Crippen LogP contribution in [0.3, 0.4) is 0 Å². The Kier molecular flexibility index (Phi) is 6.01. The predicted octanol–water partition coefficient (Wildman–Crippen LogP) is 2.43. The summed E-state index contributed by atoms with van der Waals surface area (Å²) in [6.45, 7) is 1.10. The standard InChI is InChI=1S/C16H21F3N2O2/c1-23-9-8-20-10-15(22)21(13-6-7-13)11-12-4-2-3-5-14(12)16(17,18)19/h2-5,13,20H,6-11H2,1H3. The van der Waals surface area contributed by atoms with Crippen molar-refractivity contribution in [1.29, 1.82) is 0 Å². The molecule has 1 aromatic carbocycles. The predicted molar refractivity (Wildman–Crippen MR) is 79.8 cm³/mol. The van der Waals surface area contributed by atoms with E-state index in [0.717, 1.165) is 18.9 Å². The number of ether oxygens (including phenoxy) is 1. The lowest BCUT2D eigenvalue weighted by Crippen LogP contribution is -2.40. The maximum Gasteiger partial charge on any atom is 0.416 e. The average Bonchev–Trinajstić information content (AvgIpc) is 3.33. The van der Waals surface area contributed by atoms with Gasteiger partial charge in [-0.2, -0.15) is 13.2 Å². The van der Waals surface area contributed by atoms with Crippen molar-refractivity contribution in [2.24, 2.45) is 0 Å². The van der Waals surface area contributed by atoms with Gasteiger partial charge < -0.3 is 15.0 Å². The number of hydrogen-bond donors (Lipinski definition) is 1. The molecule has 0 aliphatic heterocycles. The van der Waals surface area contributed by atoms with Crippen LogP contribution < -0.4 is 5.32 Å². The molecular formula is C16H21F3N2O2. The Balaban J connectivity index is 2.04. The molecule has 0 atom stereocenters. The third kappa shape index (κ3) is 5.21. The molecule has 0 saturated heterocycles. The van der Waals surface area contributed by atoms with Gasteiger partial charge in [0.2, 0.25) is 5.91 Å². The summed E-state index contributed by atoms with van der Waals surface area (Å²) >= 11 is 0. The molecule has 1 aliphatic rings. The maximum atomic E-state index is 13.1. The third-order valence-electron chi connectivity index (χ3n) is 3.73. The number of benzene rings is 1. The molecule has 0 spiro atoms. The van der Waals surface area contributed by atoms with Gasteiger partial charge in [-0.25, -0.2) is 0 Å². The van der Waals surface area contributed by atoms with Crippen LogP contribution in [0.2, 0.25) is 0 Å². The highest BCUT2D eigenvalue weighted by molar-refractivity contribution is 5.79. The summed E-state index contributed by atoms with van der Waals surface area (Å²) in [6, 6.07) is 5.47. The highest BCUT2D eigenvalue weighted by Crippen LogP contribution is 2.34. The van der Waals surface area contributed by atoms with Crippen LogP contribution in [0.4, 0.5) is 13.2 Å². The van der Waals surface area contributed by atoms with Gasteiger partial charge in [0.05, 0.1) is 18.7 Å². The van der Waals surface area contributed by atoms with E-state index >= 15 is 0 Å². The van der Waals surface area contributed by atoms with Crippen LogP contribution in [0.5, 0.6) is 0 Å². The summed E-state index contributed by atoms with van der Waals surface area (Å²) in [5.74, 6) is -0.180. The molecule has 0 unspecified atom stereocenters. The molecule has 1 aromatic rings. The van der Waals surface area contributed by atoms with Crippen molar-refractivity contribution in [3.8, 4) is 0 Å². The number of alkyl halides is 3. The number of nitrogens with zero attached hydrogens (tertiary/aromatic N) is 1. The summed E-state index contributed by atoms with van der Waals surface area (Å²) in [7, 11) is 1.56. The van der Waals surface area contributed by atoms with Gasteiger partial charge in [-0.1, -0.05) is 18.2 Å². The van der Waals surface area contributed by atoms with Crippen molar-refractivity contribution in [2.75, 3.05) is 26.8 Å². The van der Waals surface area contributed by atoms with Gasteiger partial charge in [0, 0.05) is 26.2 Å². The van der Waals surface area contributed by atoms with E-state index in [9.17, 15) is 18.0 Å². The normalized spacial score (nSPS) is 14.8. The Morgan fingerprint density at radius 1 is 1.35 bits per heavy atom. The summed E-state index contributed by atoms with van der Waals surface area (Å²) in [6.07, 6.45) is -2.72. The lowest BCUT2D eigenvalue weighted by molar-refractivity contribution is -0.140. The first-order valence-corrected chi connectivity index (χ1v) is 7.57. The van der Waals surface area contributed by atoms with Crippen molar-refractivity contribution in [1.82, 2.24) is 10.2 Å². The van der Waals surface area contributed by atoms with Crippen molar-refractivity contribution in [2.45, 2.75) is 31.6 Å². The zero-order valence-corrected chi connectivity index (χ0v) is 13.0. The first-order chi connectivity index (χ1) is 10.9. The van der Waals surface area contributed by atoms with E-state index in [-0.39, 0.29) is 30.6 Å². The van der Waals surface area contributed by atoms with Gasteiger partial charge >= 0.3 is 6.18 Å². The Morgan fingerprint density at radius 2 is 2.04 bits per heavy atom. The van der Waals surface area contributed by atoms with Crippen LogP contribution in [0.25, 0.3) is 0 Å². The number of carbonyl (C=O) groups is 1. The molecule has 23 heavy (non-hydrogen) atoms. The molecule has 1 saturated carbocycles. The fourth-order valence-corrected chi connectivity index (χ4v) is 2.40. The SMILES string of the molecule is COCCNCC(=O)N(Cc1ccccc1C(F)(F)F)C1CC1. The molecule has 0 radical (unpaired) electrons. The molecular weight excluding hydrogens is 309 g/mol. The fourth-order valence-electron chi connectivity index (χ4n) is 2.40. The Bertz CT molecular complexity index is 530. The lowest BCUT2D eigenvalue weighted by Gasteiger charge is -2.24. The zero-order valence-electron chi connectivity index (χ0n) is 13.0. The van der Waals surface area contributed by atoms with Gasteiger partial charge in [-0.3, -0.25) is 4.79 Å². The topological polar surface area (TPSA) is 41.6 Å². The minimum absolute atomic E-state index is 0.00879. The van der Waals surface area contributed by atoms with Crippen LogP contribution in [0.1, 0.15) is 24.0 Å². The quantitative estimate of drug-likeness (QED) is 0.745. The second-order valence-electron chi connectivity index (χ2n) is 5.58. The zero-order chi connectivity index (χ0) is 16.9. The molecule has 0 heterocycles. The van der Waals surface area contributed by atoms with Crippen molar-refractivity contribution in [3.05, 3.63) is 35.4 Å². The van der Waals surface area contributed by atoms with Gasteiger partial charge in [0.25, 0.3) is 0 Å². The molecule has 0 bridgehead atoms. The summed E-state index contributed by atoms with van der Waals surface area (Å²) in [5.41, 5.74) is -0.539. The van der Waals surface area contributed by atoms with Gasteiger partial charge in [-0.05, 0) is 24.5 Å². The Labute approximate surface area is 133 Å². The van der Waals surface area contributed by atoms with Crippen LogP contribution in [0, 0.1) is 0 Å². The minimum atomic E-state index is -4.41. The van der Waals surface area contributed by atoms with Gasteiger partial charge in [-0.15, -0.1) is 0 Å². The van der Waals surface area contributed by atoms with E-state index in [1.807, 2.05) is 0 Å². The van der Waals surface area contributed by atoms with Crippen LogP contribution in [-0.4, -0.2) is 43.7 Å². The van der Waals surface area contributed by atoms with Crippen molar-refractivity contribution in [3.63, 3.8) is 0 Å². The first-order valence-electron chi connectivity index (χ1n) is 7.57. The highest BCUT2D eigenvalue weighted by atomic mass is 19.4. The number of methoxy groups -OCH3 is 1. The monoisotopic (exact) mass is 330 g/mol. The molecule has 128 valence electrons. The van der Waals surface area contributed by atoms with Gasteiger partial charge in [0.1, 0.15) is 0 Å². The van der Waals surface area contributed by atoms with E-state index in [2.05, 4.69) is 5.32 Å². The summed E-state index contributed by atoms with van der Waals surface area (Å²) in [5, 5.41) is 2.94. The summed E-state index contributed by atoms with van der Waals surface area (Å²) < 4.78 is 44.1. The number of hydrogen-bond acceptors (Lipinski definition) is 3. The average molecular weight is 330 g/mol. The third-order valence-corrected chi connectivity index (χ3v) is 3.73. The number of amides is 1. The highest BCUT2D eigenvalue weighted by Gasteiger charge is 2.36. The smallest absolute Gasteiger partial charge is 0.383 e. The molecule has 7 heteroatoms. The molecule has 0 aromatic heterocycles. The molecule has 1 fully saturated rings. The van der Waals surface area contributed by atoms with Crippen LogP contribution in [0.15, 0.2) is 24.3 Å². The minimum Gasteiger partial charge on any atom is -0.383 e. The molecule has 1 N–H and O–H groups in total. The van der Waals surface area contributed by atoms with E-state index in [1.165, 1.54) is 12.1 Å². The molecule has 4 nitrogen and oxygen atoms in total. The van der Waals surface area contributed by atoms with Crippen molar-refractivity contribution < 1.29 is 22.7 Å². The number of carbonyl (C=O) groups excluding carboxylic acids is 1. The van der Waals surface area contributed by atoms with E-state index < -0.39 is 11.7 Å². The number of rotatable bonds is 8. The second kappa shape index (κ2) is 7.79. The van der Waals surface area contributed by atoms with Crippen LogP contribution in [-0.2, 0) is 22.3 Å². The molecule has 2 rings (SSSR count). The van der Waals surface area contributed by atoms with Crippen LogP contribution >= 0.6 is 0 Å². The lowest BCUT2D eigenvalue weighted by atomic mass is 10.1. The Hall–Kier alpha value is -1.60. The summed E-state index contributed by atoms with van der Waals surface area (Å²) in [4.78, 5) is 13.8. The molecule has 1 aliphatic carbocycles. The Morgan fingerprint density at radius 3 is 2.65 bits per heavy atom. The van der Waals surface area contributed by atoms with E-state index in [0.29, 0.717) is 13.2 Å². The first kappa shape index (κ1) is 17.7. The maximum absolute atomic E-state index is 13.1. The van der Waals surface area contributed by atoms with Crippen molar-refractivity contribution >= 4 is 5.91 Å². The van der Waals surface area contributed by atoms with E-state index in [4.69, 9.17) is 4.74 Å². The fraction of sp³-hybridized carbons (Fsp3) is 0.562. The largest absolute Gasteiger partial charge is 0.416 e. The second-order valence-corrected chi connectivity index (χ2v) is 5.58.